The van der Waals surface area contributed by atoms with Crippen LogP contribution in [-0.2, 0) is 38.0 Å². The van der Waals surface area contributed by atoms with Crippen LogP contribution in [-0.4, -0.2) is 42.9 Å². The molecule has 0 aliphatic heterocycles. The van der Waals surface area contributed by atoms with Crippen molar-refractivity contribution in [1.29, 1.82) is 0 Å². The van der Waals surface area contributed by atoms with Crippen LogP contribution in [0.3, 0.4) is 0 Å². The highest BCUT2D eigenvalue weighted by Crippen LogP contribution is 2.19. The van der Waals surface area contributed by atoms with E-state index in [1.54, 1.807) is 55.4 Å². The normalized spacial score (nSPS) is 16.0. The van der Waals surface area contributed by atoms with E-state index >= 15 is 0 Å². The van der Waals surface area contributed by atoms with Gasteiger partial charge in [-0.05, 0) is 55.4 Å². The number of hydrogen-bond acceptors (Lipinski definition) is 8. The predicted molar refractivity (Wildman–Crippen MR) is 98.1 cm³/mol. The molecule has 0 rings (SSSR count). The first-order valence-electron chi connectivity index (χ1n) is 8.63. The Morgan fingerprint density at radius 2 is 1.00 bits per heavy atom. The highest BCUT2D eigenvalue weighted by atomic mass is 16.8. The van der Waals surface area contributed by atoms with Gasteiger partial charge in [0.2, 0.25) is 12.6 Å². The summed E-state index contributed by atoms with van der Waals surface area (Å²) >= 11 is 0. The fourth-order valence-corrected chi connectivity index (χ4v) is 1.98. The zero-order chi connectivity index (χ0) is 21.4. The fraction of sp³-hybridized carbons (Fsp3) is 0.684. The van der Waals surface area contributed by atoms with Crippen molar-refractivity contribution in [1.82, 2.24) is 0 Å². The minimum Gasteiger partial charge on any atom is -0.433 e. The lowest BCUT2D eigenvalue weighted by Gasteiger charge is -2.33. The van der Waals surface area contributed by atoms with Crippen LogP contribution in [0.5, 0.6) is 0 Å². The zero-order valence-electron chi connectivity index (χ0n) is 17.5. The topological polar surface area (TPSA) is 89.5 Å². The molecule has 27 heavy (non-hydrogen) atoms. The molecule has 0 saturated carbocycles. The Balaban J connectivity index is 4.44. The van der Waals surface area contributed by atoms with E-state index in [4.69, 9.17) is 28.4 Å². The average Bonchev–Trinajstić information content (AvgIpc) is 2.44. The van der Waals surface area contributed by atoms with Crippen molar-refractivity contribution in [2.24, 2.45) is 0 Å². The molecule has 4 unspecified atom stereocenters. The van der Waals surface area contributed by atoms with Gasteiger partial charge in [-0.3, -0.25) is 0 Å². The minimum atomic E-state index is -1.09. The Labute approximate surface area is 161 Å². The molecule has 0 heterocycles. The molecule has 8 nitrogen and oxygen atoms in total. The van der Waals surface area contributed by atoms with Gasteiger partial charge in [0, 0.05) is 11.1 Å². The molecule has 0 aromatic heterocycles. The lowest BCUT2D eigenvalue weighted by molar-refractivity contribution is -0.356. The van der Waals surface area contributed by atoms with Gasteiger partial charge in [-0.2, -0.15) is 0 Å². The van der Waals surface area contributed by atoms with Crippen molar-refractivity contribution in [2.45, 2.75) is 86.3 Å². The summed E-state index contributed by atoms with van der Waals surface area (Å²) in [7, 11) is 0. The van der Waals surface area contributed by atoms with Gasteiger partial charge < -0.3 is 28.4 Å². The van der Waals surface area contributed by atoms with Gasteiger partial charge in [0.1, 0.15) is 0 Å². The summed E-state index contributed by atoms with van der Waals surface area (Å²) in [6.07, 6.45) is -3.12. The van der Waals surface area contributed by atoms with Crippen molar-refractivity contribution < 1.29 is 38.0 Å². The monoisotopic (exact) mass is 388 g/mol. The molecule has 8 heteroatoms. The van der Waals surface area contributed by atoms with E-state index in [1.165, 1.54) is 0 Å². The van der Waals surface area contributed by atoms with Crippen LogP contribution in [0.15, 0.2) is 24.3 Å². The van der Waals surface area contributed by atoms with E-state index in [2.05, 4.69) is 13.2 Å². The summed E-state index contributed by atoms with van der Waals surface area (Å²) in [5, 5.41) is 0. The quantitative estimate of drug-likeness (QED) is 0.285. The van der Waals surface area contributed by atoms with Crippen LogP contribution in [0, 0.1) is 0 Å². The van der Waals surface area contributed by atoms with Gasteiger partial charge in [-0.1, -0.05) is 13.2 Å². The lowest BCUT2D eigenvalue weighted by Crippen LogP contribution is -2.39. The van der Waals surface area contributed by atoms with Gasteiger partial charge in [-0.15, -0.1) is 0 Å². The van der Waals surface area contributed by atoms with Crippen LogP contribution < -0.4 is 0 Å². The third-order valence-electron chi connectivity index (χ3n) is 2.91. The van der Waals surface area contributed by atoms with Crippen molar-refractivity contribution >= 4 is 11.9 Å². The molecule has 0 aromatic carbocycles. The van der Waals surface area contributed by atoms with Crippen LogP contribution >= 0.6 is 0 Å². The second-order valence-electron chi connectivity index (χ2n) is 6.55. The van der Waals surface area contributed by atoms with Gasteiger partial charge in [0.05, 0.1) is 0 Å². The highest BCUT2D eigenvalue weighted by molar-refractivity contribution is 5.87. The van der Waals surface area contributed by atoms with Gasteiger partial charge in [-0.25, -0.2) is 9.59 Å². The van der Waals surface area contributed by atoms with Crippen molar-refractivity contribution in [3.63, 3.8) is 0 Å². The van der Waals surface area contributed by atoms with Crippen molar-refractivity contribution in [2.75, 3.05) is 0 Å². The summed E-state index contributed by atoms with van der Waals surface area (Å²) in [4.78, 5) is 22.9. The molecular formula is C19H32O8. The maximum atomic E-state index is 11.5. The molecule has 0 bridgehead atoms. The summed E-state index contributed by atoms with van der Waals surface area (Å²) in [6, 6.07) is 0. The van der Waals surface area contributed by atoms with E-state index in [1.807, 2.05) is 0 Å². The molecule has 0 aliphatic rings. The smallest absolute Gasteiger partial charge is 0.335 e. The first-order valence-corrected chi connectivity index (χ1v) is 8.63. The molecule has 156 valence electrons. The van der Waals surface area contributed by atoms with Gasteiger partial charge >= 0.3 is 11.9 Å². The molecule has 4 atom stereocenters. The number of rotatable bonds is 12. The van der Waals surface area contributed by atoms with E-state index in [9.17, 15) is 9.59 Å². The Bertz CT molecular complexity index is 494. The summed E-state index contributed by atoms with van der Waals surface area (Å²) < 4.78 is 32.3. The van der Waals surface area contributed by atoms with E-state index in [-0.39, 0.29) is 11.1 Å². The maximum absolute atomic E-state index is 11.5. The number of carbonyl (C=O) groups excluding carboxylic acids is 2. The predicted octanol–water partition coefficient (Wildman–Crippen LogP) is 3.41. The number of ether oxygens (including phenoxy) is 6. The fourth-order valence-electron chi connectivity index (χ4n) is 1.98. The van der Waals surface area contributed by atoms with Gasteiger partial charge in [0.15, 0.2) is 18.4 Å². The number of carbonyl (C=O) groups is 2. The standard InChI is InChI=1S/C19H32O8/c1-11(2)17(20)24-13(5)22-15(7)26-19(9,10)27-16(8)23-14(6)25-18(21)12(3)4/h13-16H,1,3H2,2,4-10H3. The van der Waals surface area contributed by atoms with Crippen LogP contribution in [0.1, 0.15) is 55.4 Å². The third kappa shape index (κ3) is 11.6. The Morgan fingerprint density at radius 3 is 1.26 bits per heavy atom. The second kappa shape index (κ2) is 11.2. The van der Waals surface area contributed by atoms with Crippen LogP contribution in [0.25, 0.3) is 0 Å². The van der Waals surface area contributed by atoms with E-state index in [0.717, 1.165) is 0 Å². The van der Waals surface area contributed by atoms with E-state index in [0.29, 0.717) is 0 Å². The lowest BCUT2D eigenvalue weighted by atomic mass is 10.4. The van der Waals surface area contributed by atoms with Gasteiger partial charge in [0.25, 0.3) is 0 Å². The minimum absolute atomic E-state index is 0.273. The summed E-state index contributed by atoms with van der Waals surface area (Å²) in [5.41, 5.74) is 0.547. The largest absolute Gasteiger partial charge is 0.433 e. The third-order valence-corrected chi connectivity index (χ3v) is 2.91. The van der Waals surface area contributed by atoms with Crippen LogP contribution in [0.2, 0.25) is 0 Å². The SMILES string of the molecule is C=C(C)C(=O)OC(C)OC(C)OC(C)(C)OC(C)OC(C)OC(=O)C(=C)C. The number of esters is 2. The van der Waals surface area contributed by atoms with E-state index < -0.39 is 42.9 Å². The summed E-state index contributed by atoms with van der Waals surface area (Å²) in [5.74, 6) is -2.19. The highest BCUT2D eigenvalue weighted by Gasteiger charge is 2.28. The maximum Gasteiger partial charge on any atom is 0.335 e. The second-order valence-corrected chi connectivity index (χ2v) is 6.55. The number of hydrogen-bond donors (Lipinski definition) is 0. The first-order chi connectivity index (χ1) is 12.2. The Morgan fingerprint density at radius 1 is 0.704 bits per heavy atom. The molecule has 0 spiro atoms. The average molecular weight is 388 g/mol. The van der Waals surface area contributed by atoms with Crippen molar-refractivity contribution in [3.8, 4) is 0 Å². The summed E-state index contributed by atoms with van der Waals surface area (Å²) in [6.45, 7) is 19.8. The first kappa shape index (κ1) is 25.3. The molecule has 0 aliphatic carbocycles. The van der Waals surface area contributed by atoms with Crippen molar-refractivity contribution in [3.05, 3.63) is 24.3 Å². The molecule has 0 radical (unpaired) electrons. The molecule has 0 fully saturated rings. The zero-order valence-corrected chi connectivity index (χ0v) is 17.5. The molecule has 0 N–H and O–H groups in total. The molecule has 0 amide bonds. The Kier molecular flexibility index (Phi) is 10.5. The Hall–Kier alpha value is -1.74. The van der Waals surface area contributed by atoms with Crippen LogP contribution in [0.4, 0.5) is 0 Å². The molecule has 0 aromatic rings. The molecule has 0 saturated heterocycles. The molecular weight excluding hydrogens is 356 g/mol.